The number of hydrogen-bond acceptors (Lipinski definition) is 7. The van der Waals surface area contributed by atoms with Crippen molar-refractivity contribution in [2.45, 2.75) is 13.8 Å². The lowest BCUT2D eigenvalue weighted by Crippen LogP contribution is -2.48. The number of piperazine rings is 1. The second-order valence-corrected chi connectivity index (χ2v) is 5.06. The number of anilines is 2. The molecule has 7 nitrogen and oxygen atoms in total. The molecule has 112 valence electrons. The molecule has 1 amide bonds. The van der Waals surface area contributed by atoms with Crippen LogP contribution in [0.3, 0.4) is 0 Å². The molecule has 2 N–H and O–H groups in total. The summed E-state index contributed by atoms with van der Waals surface area (Å²) in [5.74, 6) is 1.08. The second kappa shape index (κ2) is 6.65. The van der Waals surface area contributed by atoms with Crippen LogP contribution in [0.1, 0.15) is 13.8 Å². The van der Waals surface area contributed by atoms with Crippen LogP contribution in [0.5, 0.6) is 5.75 Å². The van der Waals surface area contributed by atoms with Crippen molar-refractivity contribution in [1.29, 1.82) is 0 Å². The molecule has 8 heteroatoms. The van der Waals surface area contributed by atoms with Crippen LogP contribution in [0.15, 0.2) is 0 Å². The Morgan fingerprint density at radius 2 is 2.00 bits per heavy atom. The molecule has 1 fully saturated rings. The number of carbonyl (C=O) groups excluding carboxylic acids is 1. The van der Waals surface area contributed by atoms with E-state index in [1.54, 1.807) is 4.90 Å². The fourth-order valence-corrected chi connectivity index (χ4v) is 2.89. The van der Waals surface area contributed by atoms with Crippen LogP contribution < -0.4 is 15.4 Å². The van der Waals surface area contributed by atoms with Crippen molar-refractivity contribution in [3.63, 3.8) is 0 Å². The van der Waals surface area contributed by atoms with E-state index in [0.717, 1.165) is 18.1 Å². The first-order chi connectivity index (χ1) is 9.67. The Morgan fingerprint density at radius 1 is 1.30 bits per heavy atom. The van der Waals surface area contributed by atoms with Gasteiger partial charge >= 0.3 is 6.09 Å². The molecule has 0 aromatic carbocycles. The third-order valence-corrected chi connectivity index (χ3v) is 3.94. The zero-order valence-electron chi connectivity index (χ0n) is 11.8. The predicted molar refractivity (Wildman–Crippen MR) is 78.5 cm³/mol. The van der Waals surface area contributed by atoms with Gasteiger partial charge in [-0.05, 0) is 25.4 Å². The van der Waals surface area contributed by atoms with Crippen LogP contribution in [-0.4, -0.2) is 54.8 Å². The molecule has 1 saturated heterocycles. The van der Waals surface area contributed by atoms with Crippen molar-refractivity contribution in [2.75, 3.05) is 50.0 Å². The van der Waals surface area contributed by atoms with Crippen LogP contribution in [0, 0.1) is 0 Å². The summed E-state index contributed by atoms with van der Waals surface area (Å²) >= 11 is 1.33. The van der Waals surface area contributed by atoms with Gasteiger partial charge in [-0.3, -0.25) is 0 Å². The molecule has 20 heavy (non-hydrogen) atoms. The maximum absolute atomic E-state index is 11.6. The smallest absolute Gasteiger partial charge is 0.409 e. The molecule has 0 spiro atoms. The van der Waals surface area contributed by atoms with Crippen molar-refractivity contribution < 1.29 is 14.3 Å². The highest BCUT2D eigenvalue weighted by molar-refractivity contribution is 7.11. The van der Waals surface area contributed by atoms with Crippen LogP contribution in [-0.2, 0) is 4.74 Å². The Morgan fingerprint density at radius 3 is 2.60 bits per heavy atom. The zero-order chi connectivity index (χ0) is 14.5. The molecule has 0 bridgehead atoms. The lowest BCUT2D eigenvalue weighted by molar-refractivity contribution is 0.105. The number of hydrogen-bond donors (Lipinski definition) is 1. The predicted octanol–water partition coefficient (Wildman–Crippen LogP) is 1.40. The van der Waals surface area contributed by atoms with Gasteiger partial charge in [0.1, 0.15) is 0 Å². The summed E-state index contributed by atoms with van der Waals surface area (Å²) < 4.78 is 14.7. The summed E-state index contributed by atoms with van der Waals surface area (Å²) in [6.07, 6.45) is -0.249. The van der Waals surface area contributed by atoms with Crippen LogP contribution in [0.2, 0.25) is 0 Å². The molecule has 1 aliphatic heterocycles. The summed E-state index contributed by atoms with van der Waals surface area (Å²) in [6, 6.07) is 0. The van der Waals surface area contributed by atoms with Crippen LogP contribution in [0.25, 0.3) is 0 Å². The maximum atomic E-state index is 11.6. The SMILES string of the molecule is CCOC(=O)N1CCN(c2snc(N)c2OCC)CC1. The molecule has 0 unspecified atom stereocenters. The van der Waals surface area contributed by atoms with Gasteiger partial charge in [-0.25, -0.2) is 4.79 Å². The van der Waals surface area contributed by atoms with Gasteiger partial charge in [-0.1, -0.05) is 0 Å². The molecular weight excluding hydrogens is 280 g/mol. The number of ether oxygens (including phenoxy) is 2. The number of nitrogens with two attached hydrogens (primary N) is 1. The fraction of sp³-hybridized carbons (Fsp3) is 0.667. The molecule has 0 aliphatic carbocycles. The third kappa shape index (κ3) is 3.06. The Kier molecular flexibility index (Phi) is 4.89. The van der Waals surface area contributed by atoms with E-state index in [1.165, 1.54) is 11.5 Å². The summed E-state index contributed by atoms with van der Waals surface area (Å²) in [5.41, 5.74) is 5.81. The molecule has 1 aliphatic rings. The normalized spacial score (nSPS) is 15.3. The number of amides is 1. The largest absolute Gasteiger partial charge is 0.487 e. The number of rotatable bonds is 4. The first-order valence-electron chi connectivity index (χ1n) is 6.72. The number of carbonyl (C=O) groups is 1. The van der Waals surface area contributed by atoms with Gasteiger partial charge < -0.3 is 25.0 Å². The number of nitrogens with zero attached hydrogens (tertiary/aromatic N) is 3. The average molecular weight is 300 g/mol. The van der Waals surface area contributed by atoms with Gasteiger partial charge in [0.15, 0.2) is 16.6 Å². The summed E-state index contributed by atoms with van der Waals surface area (Å²) in [4.78, 5) is 15.5. The van der Waals surface area contributed by atoms with E-state index in [1.807, 2.05) is 13.8 Å². The van der Waals surface area contributed by atoms with E-state index in [4.69, 9.17) is 15.2 Å². The first-order valence-corrected chi connectivity index (χ1v) is 7.49. The lowest BCUT2D eigenvalue weighted by Gasteiger charge is -2.34. The van der Waals surface area contributed by atoms with E-state index in [-0.39, 0.29) is 6.09 Å². The monoisotopic (exact) mass is 300 g/mol. The van der Waals surface area contributed by atoms with Crippen molar-refractivity contribution in [3.8, 4) is 5.75 Å². The van der Waals surface area contributed by atoms with Crippen LogP contribution in [0.4, 0.5) is 15.6 Å². The molecule has 0 saturated carbocycles. The minimum Gasteiger partial charge on any atom is -0.487 e. The van der Waals surface area contributed by atoms with Crippen molar-refractivity contribution in [3.05, 3.63) is 0 Å². The molecule has 1 aromatic rings. The Balaban J connectivity index is 1.98. The fourth-order valence-electron chi connectivity index (χ4n) is 2.07. The zero-order valence-corrected chi connectivity index (χ0v) is 12.6. The van der Waals surface area contributed by atoms with Gasteiger partial charge in [0.25, 0.3) is 0 Å². The molecule has 2 heterocycles. The first kappa shape index (κ1) is 14.7. The Labute approximate surface area is 122 Å². The molecule has 1 aromatic heterocycles. The highest BCUT2D eigenvalue weighted by Crippen LogP contribution is 2.38. The van der Waals surface area contributed by atoms with E-state index in [9.17, 15) is 4.79 Å². The van der Waals surface area contributed by atoms with Crippen LogP contribution >= 0.6 is 11.5 Å². The number of nitrogen functional groups attached to an aromatic ring is 1. The second-order valence-electron chi connectivity index (χ2n) is 4.31. The van der Waals surface area contributed by atoms with Crippen molar-refractivity contribution >= 4 is 28.4 Å². The summed E-state index contributed by atoms with van der Waals surface area (Å²) in [6.45, 7) is 7.38. The molecule has 0 atom stereocenters. The quantitative estimate of drug-likeness (QED) is 0.905. The highest BCUT2D eigenvalue weighted by Gasteiger charge is 2.26. The Bertz CT molecular complexity index is 458. The van der Waals surface area contributed by atoms with Crippen molar-refractivity contribution in [2.24, 2.45) is 0 Å². The third-order valence-electron chi connectivity index (χ3n) is 3.04. The van der Waals surface area contributed by atoms with Crippen molar-refractivity contribution in [1.82, 2.24) is 9.27 Å². The molecule has 2 rings (SSSR count). The molecular formula is C12H20N4O3S. The number of aromatic nitrogens is 1. The highest BCUT2D eigenvalue weighted by atomic mass is 32.1. The Hall–Kier alpha value is -1.70. The van der Waals surface area contributed by atoms with E-state index < -0.39 is 0 Å². The van der Waals surface area contributed by atoms with E-state index in [0.29, 0.717) is 37.9 Å². The average Bonchev–Trinajstić information content (AvgIpc) is 2.81. The molecule has 0 radical (unpaired) electrons. The van der Waals surface area contributed by atoms with Gasteiger partial charge in [-0.15, -0.1) is 0 Å². The minimum absolute atomic E-state index is 0.249. The van der Waals surface area contributed by atoms with E-state index >= 15 is 0 Å². The van der Waals surface area contributed by atoms with Gasteiger partial charge in [0.05, 0.1) is 13.2 Å². The standard InChI is InChI=1S/C12H20N4O3S/c1-3-18-9-10(13)14-20-11(9)15-5-7-16(8-6-15)12(17)19-4-2/h3-8H2,1-2H3,(H2,13,14). The van der Waals surface area contributed by atoms with E-state index in [2.05, 4.69) is 9.27 Å². The lowest BCUT2D eigenvalue weighted by atomic mass is 10.3. The summed E-state index contributed by atoms with van der Waals surface area (Å²) in [7, 11) is 0. The minimum atomic E-state index is -0.249. The van der Waals surface area contributed by atoms with Gasteiger partial charge in [-0.2, -0.15) is 4.37 Å². The topological polar surface area (TPSA) is 80.9 Å². The summed E-state index contributed by atoms with van der Waals surface area (Å²) in [5, 5.41) is 0.938. The maximum Gasteiger partial charge on any atom is 0.409 e. The van der Waals surface area contributed by atoms with Gasteiger partial charge in [0.2, 0.25) is 0 Å². The van der Waals surface area contributed by atoms with Gasteiger partial charge in [0, 0.05) is 26.2 Å².